The standard InChI is InChI=1S/C32H48O6/c1-8-19(33)17-25(34)37-24-18-23-29(4)15-10-14-28(3,9-2)21(29)13-16-30(23,5)22-12-11-20-26(31(22,24)6)27(35)38-32(20,7)36/h11-12,19,21-24,33,36H,8-10,13-18H2,1-7H3. The van der Waals surface area contributed by atoms with E-state index in [1.54, 1.807) is 0 Å². The molecule has 0 saturated heterocycles. The van der Waals surface area contributed by atoms with Crippen LogP contribution < -0.4 is 0 Å². The Morgan fingerprint density at radius 3 is 2.47 bits per heavy atom. The average molecular weight is 529 g/mol. The van der Waals surface area contributed by atoms with E-state index in [1.165, 1.54) is 32.6 Å². The Labute approximate surface area is 228 Å². The molecule has 0 aromatic heterocycles. The van der Waals surface area contributed by atoms with Crippen LogP contribution in [0.4, 0.5) is 0 Å². The molecule has 212 valence electrons. The van der Waals surface area contributed by atoms with Gasteiger partial charge in [0, 0.05) is 17.9 Å². The van der Waals surface area contributed by atoms with E-state index in [0.29, 0.717) is 41.2 Å². The third-order valence-electron chi connectivity index (χ3n) is 12.4. The van der Waals surface area contributed by atoms with Gasteiger partial charge < -0.3 is 19.7 Å². The van der Waals surface area contributed by atoms with Crippen LogP contribution in [-0.2, 0) is 19.1 Å². The van der Waals surface area contributed by atoms with E-state index in [1.807, 2.05) is 19.9 Å². The molecule has 0 bridgehead atoms. The minimum atomic E-state index is -1.70. The van der Waals surface area contributed by atoms with Gasteiger partial charge in [0.15, 0.2) is 0 Å². The van der Waals surface area contributed by atoms with Gasteiger partial charge in [0.1, 0.15) is 6.10 Å². The van der Waals surface area contributed by atoms with Crippen molar-refractivity contribution in [1.82, 2.24) is 0 Å². The highest BCUT2D eigenvalue weighted by atomic mass is 16.7. The summed E-state index contributed by atoms with van der Waals surface area (Å²) in [6, 6.07) is 0. The molecule has 6 nitrogen and oxygen atoms in total. The summed E-state index contributed by atoms with van der Waals surface area (Å²) in [5.41, 5.74) is 0.424. The Morgan fingerprint density at radius 2 is 1.82 bits per heavy atom. The summed E-state index contributed by atoms with van der Waals surface area (Å²) in [6.07, 6.45) is 10.9. The van der Waals surface area contributed by atoms with Crippen LogP contribution in [0.5, 0.6) is 0 Å². The summed E-state index contributed by atoms with van der Waals surface area (Å²) in [4.78, 5) is 26.5. The maximum absolute atomic E-state index is 13.4. The molecule has 5 aliphatic rings. The number of allylic oxidation sites excluding steroid dienone is 1. The molecule has 0 amide bonds. The number of aliphatic hydroxyl groups excluding tert-OH is 1. The molecule has 3 fully saturated rings. The van der Waals surface area contributed by atoms with E-state index in [0.717, 1.165) is 12.8 Å². The normalized spacial score (nSPS) is 48.4. The number of carbonyl (C=O) groups is 2. The second-order valence-corrected chi connectivity index (χ2v) is 14.3. The lowest BCUT2D eigenvalue weighted by Gasteiger charge is -2.69. The van der Waals surface area contributed by atoms with Gasteiger partial charge in [-0.25, -0.2) is 4.79 Å². The van der Waals surface area contributed by atoms with Crippen molar-refractivity contribution >= 4 is 11.9 Å². The molecule has 0 aromatic rings. The van der Waals surface area contributed by atoms with Crippen LogP contribution in [0.15, 0.2) is 23.3 Å². The van der Waals surface area contributed by atoms with Crippen molar-refractivity contribution in [2.24, 2.45) is 39.4 Å². The molecule has 0 radical (unpaired) electrons. The van der Waals surface area contributed by atoms with Crippen LogP contribution in [0.25, 0.3) is 0 Å². The molecule has 4 aliphatic carbocycles. The Hall–Kier alpha value is -1.66. The molecule has 3 saturated carbocycles. The second-order valence-electron chi connectivity index (χ2n) is 14.3. The summed E-state index contributed by atoms with van der Waals surface area (Å²) in [5.74, 6) is -1.77. The van der Waals surface area contributed by atoms with Crippen LogP contribution in [0.2, 0.25) is 0 Å². The maximum Gasteiger partial charge on any atom is 0.338 e. The van der Waals surface area contributed by atoms with Crippen molar-refractivity contribution in [3.63, 3.8) is 0 Å². The van der Waals surface area contributed by atoms with Crippen molar-refractivity contribution < 1.29 is 29.3 Å². The fourth-order valence-electron chi connectivity index (χ4n) is 10.2. The minimum Gasteiger partial charge on any atom is -0.461 e. The first-order chi connectivity index (χ1) is 17.7. The molecule has 6 heteroatoms. The van der Waals surface area contributed by atoms with Crippen molar-refractivity contribution in [2.75, 3.05) is 0 Å². The van der Waals surface area contributed by atoms with E-state index in [4.69, 9.17) is 9.47 Å². The lowest BCUT2D eigenvalue weighted by molar-refractivity contribution is -0.218. The number of ether oxygens (including phenoxy) is 2. The first kappa shape index (κ1) is 27.9. The van der Waals surface area contributed by atoms with Gasteiger partial charge in [-0.05, 0) is 72.5 Å². The third kappa shape index (κ3) is 3.72. The maximum atomic E-state index is 13.4. The highest BCUT2D eigenvalue weighted by Gasteiger charge is 2.70. The van der Waals surface area contributed by atoms with Crippen LogP contribution in [-0.4, -0.2) is 40.1 Å². The second kappa shape index (κ2) is 8.92. The third-order valence-corrected chi connectivity index (χ3v) is 12.4. The Bertz CT molecular complexity index is 1070. The number of rotatable bonds is 5. The van der Waals surface area contributed by atoms with E-state index < -0.39 is 35.3 Å². The van der Waals surface area contributed by atoms with E-state index in [-0.39, 0.29) is 23.2 Å². The number of carbonyl (C=O) groups excluding carboxylic acids is 2. The molecule has 2 N–H and O–H groups in total. The molecule has 10 atom stereocenters. The monoisotopic (exact) mass is 528 g/mol. The zero-order valence-corrected chi connectivity index (χ0v) is 24.4. The summed E-state index contributed by atoms with van der Waals surface area (Å²) < 4.78 is 11.8. The zero-order chi connectivity index (χ0) is 27.9. The molecule has 5 rings (SSSR count). The summed E-state index contributed by atoms with van der Waals surface area (Å²) in [7, 11) is 0. The number of fused-ring (bicyclic) bond motifs is 6. The summed E-state index contributed by atoms with van der Waals surface area (Å²) in [6.45, 7) is 15.1. The highest BCUT2D eigenvalue weighted by molar-refractivity contribution is 5.96. The molecule has 0 aromatic carbocycles. The fraction of sp³-hybridized carbons (Fsp3) is 0.812. The Balaban J connectivity index is 1.62. The lowest BCUT2D eigenvalue weighted by atomic mass is 9.35. The lowest BCUT2D eigenvalue weighted by Crippen LogP contribution is -2.65. The van der Waals surface area contributed by atoms with Crippen molar-refractivity contribution in [3.05, 3.63) is 23.3 Å². The summed E-state index contributed by atoms with van der Waals surface area (Å²) >= 11 is 0. The first-order valence-electron chi connectivity index (χ1n) is 14.9. The van der Waals surface area contributed by atoms with Crippen molar-refractivity contribution in [3.8, 4) is 0 Å². The highest BCUT2D eigenvalue weighted by Crippen LogP contribution is 2.73. The van der Waals surface area contributed by atoms with Gasteiger partial charge in [0.25, 0.3) is 0 Å². The van der Waals surface area contributed by atoms with Gasteiger partial charge in [-0.1, -0.05) is 66.5 Å². The van der Waals surface area contributed by atoms with Crippen LogP contribution in [0.3, 0.4) is 0 Å². The number of hydrogen-bond donors (Lipinski definition) is 2. The van der Waals surface area contributed by atoms with Crippen LogP contribution in [0.1, 0.15) is 106 Å². The molecular weight excluding hydrogens is 480 g/mol. The van der Waals surface area contributed by atoms with Gasteiger partial charge in [0.2, 0.25) is 5.79 Å². The first-order valence-corrected chi connectivity index (χ1v) is 14.9. The predicted molar refractivity (Wildman–Crippen MR) is 145 cm³/mol. The molecule has 38 heavy (non-hydrogen) atoms. The largest absolute Gasteiger partial charge is 0.461 e. The zero-order valence-electron chi connectivity index (χ0n) is 24.4. The molecular formula is C32H48O6. The minimum absolute atomic E-state index is 0.0459. The molecule has 1 aliphatic heterocycles. The average Bonchev–Trinajstić information content (AvgIpc) is 3.08. The Kier molecular flexibility index (Phi) is 6.55. The van der Waals surface area contributed by atoms with Gasteiger partial charge in [-0.15, -0.1) is 0 Å². The van der Waals surface area contributed by atoms with E-state index in [9.17, 15) is 19.8 Å². The number of aliphatic hydroxyl groups is 2. The number of esters is 2. The fourth-order valence-corrected chi connectivity index (χ4v) is 10.2. The molecule has 0 spiro atoms. The smallest absolute Gasteiger partial charge is 0.338 e. The van der Waals surface area contributed by atoms with Crippen LogP contribution in [0, 0.1) is 39.4 Å². The molecule has 1 heterocycles. The van der Waals surface area contributed by atoms with E-state index >= 15 is 0 Å². The topological polar surface area (TPSA) is 93.1 Å². The quantitative estimate of drug-likeness (QED) is 0.435. The molecule has 10 unspecified atom stereocenters. The predicted octanol–water partition coefficient (Wildman–Crippen LogP) is 5.86. The SMILES string of the molecule is CCC(O)CC(=O)OC1CC2C3(C)CCCC(C)(CC)C3CCC2(C)C2C=CC3=C(C(=O)OC3(C)O)C12C. The van der Waals surface area contributed by atoms with Crippen molar-refractivity contribution in [1.29, 1.82) is 0 Å². The number of cyclic esters (lactones) is 1. The van der Waals surface area contributed by atoms with Crippen molar-refractivity contribution in [2.45, 2.75) is 124 Å². The Morgan fingerprint density at radius 1 is 1.11 bits per heavy atom. The summed E-state index contributed by atoms with van der Waals surface area (Å²) in [5, 5.41) is 21.2. The van der Waals surface area contributed by atoms with Crippen LogP contribution >= 0.6 is 0 Å². The van der Waals surface area contributed by atoms with Gasteiger partial charge in [-0.2, -0.15) is 0 Å². The van der Waals surface area contributed by atoms with Gasteiger partial charge >= 0.3 is 11.9 Å². The van der Waals surface area contributed by atoms with Gasteiger partial charge in [0.05, 0.1) is 18.1 Å². The van der Waals surface area contributed by atoms with Gasteiger partial charge in [-0.3, -0.25) is 4.79 Å². The number of hydrogen-bond acceptors (Lipinski definition) is 6. The van der Waals surface area contributed by atoms with E-state index in [2.05, 4.69) is 33.8 Å².